The summed E-state index contributed by atoms with van der Waals surface area (Å²) in [6.45, 7) is 0.608. The molecular formula is C6H10N2O2. The summed E-state index contributed by atoms with van der Waals surface area (Å²) in [6, 6.07) is 0. The smallest absolute Gasteiger partial charge is 0.217 e. The van der Waals surface area contributed by atoms with Gasteiger partial charge in [0.1, 0.15) is 0 Å². The monoisotopic (exact) mass is 142 g/mol. The SMILES string of the molecule is COC1=C(CO)CNC=N1. The van der Waals surface area contributed by atoms with E-state index in [9.17, 15) is 0 Å². The molecule has 0 aromatic heterocycles. The minimum atomic E-state index is -0.00644. The van der Waals surface area contributed by atoms with Gasteiger partial charge in [-0.3, -0.25) is 0 Å². The van der Waals surface area contributed by atoms with Crippen molar-refractivity contribution < 1.29 is 9.84 Å². The summed E-state index contributed by atoms with van der Waals surface area (Å²) >= 11 is 0. The van der Waals surface area contributed by atoms with Crippen LogP contribution < -0.4 is 5.32 Å². The molecule has 0 aromatic carbocycles. The van der Waals surface area contributed by atoms with Gasteiger partial charge in [0.15, 0.2) is 0 Å². The zero-order valence-electron chi connectivity index (χ0n) is 5.79. The predicted octanol–water partition coefficient (Wildman–Crippen LogP) is -0.532. The van der Waals surface area contributed by atoms with Crippen molar-refractivity contribution in [3.8, 4) is 0 Å². The summed E-state index contributed by atoms with van der Waals surface area (Å²) in [5, 5.41) is 11.6. The Morgan fingerprint density at radius 3 is 3.20 bits per heavy atom. The minimum Gasteiger partial charge on any atom is -0.481 e. The number of aliphatic imine (C=N–C) groups is 1. The lowest BCUT2D eigenvalue weighted by Gasteiger charge is -2.12. The van der Waals surface area contributed by atoms with E-state index in [4.69, 9.17) is 9.84 Å². The number of rotatable bonds is 2. The van der Waals surface area contributed by atoms with Gasteiger partial charge in [-0.1, -0.05) is 0 Å². The normalized spacial score (nSPS) is 17.0. The second-order valence-corrected chi connectivity index (χ2v) is 1.91. The Bertz CT molecular complexity index is 175. The average Bonchev–Trinajstić information content (AvgIpc) is 2.04. The summed E-state index contributed by atoms with van der Waals surface area (Å²) in [4.78, 5) is 3.86. The molecule has 1 aliphatic rings. The summed E-state index contributed by atoms with van der Waals surface area (Å²) in [7, 11) is 1.54. The Labute approximate surface area is 59.2 Å². The average molecular weight is 142 g/mol. The van der Waals surface area contributed by atoms with E-state index in [-0.39, 0.29) is 6.61 Å². The van der Waals surface area contributed by atoms with Crippen molar-refractivity contribution in [2.45, 2.75) is 0 Å². The summed E-state index contributed by atoms with van der Waals surface area (Å²) in [5.41, 5.74) is 0.782. The maximum absolute atomic E-state index is 8.74. The van der Waals surface area contributed by atoms with Crippen LogP contribution in [0.25, 0.3) is 0 Å². The number of nitrogens with one attached hydrogen (secondary N) is 1. The highest BCUT2D eigenvalue weighted by atomic mass is 16.5. The molecule has 0 bridgehead atoms. The van der Waals surface area contributed by atoms with Crippen LogP contribution in [-0.2, 0) is 4.74 Å². The first-order chi connectivity index (χ1) is 4.88. The first kappa shape index (κ1) is 7.08. The second kappa shape index (κ2) is 3.22. The number of hydrogen-bond donors (Lipinski definition) is 2. The van der Waals surface area contributed by atoms with Gasteiger partial charge in [0.2, 0.25) is 5.88 Å². The van der Waals surface area contributed by atoms with E-state index in [1.54, 1.807) is 6.34 Å². The van der Waals surface area contributed by atoms with Crippen molar-refractivity contribution in [3.63, 3.8) is 0 Å². The summed E-state index contributed by atoms with van der Waals surface area (Å²) in [6.07, 6.45) is 1.55. The van der Waals surface area contributed by atoms with Crippen LogP contribution in [0.4, 0.5) is 0 Å². The number of methoxy groups -OCH3 is 1. The molecule has 0 radical (unpaired) electrons. The van der Waals surface area contributed by atoms with Crippen molar-refractivity contribution in [1.29, 1.82) is 0 Å². The number of ether oxygens (including phenoxy) is 1. The molecule has 4 heteroatoms. The zero-order valence-corrected chi connectivity index (χ0v) is 5.79. The summed E-state index contributed by atoms with van der Waals surface area (Å²) < 4.78 is 4.88. The fourth-order valence-corrected chi connectivity index (χ4v) is 0.761. The third-order valence-electron chi connectivity index (χ3n) is 1.28. The van der Waals surface area contributed by atoms with Crippen LogP contribution in [0.2, 0.25) is 0 Å². The lowest BCUT2D eigenvalue weighted by Crippen LogP contribution is -2.22. The molecule has 0 atom stereocenters. The van der Waals surface area contributed by atoms with Gasteiger partial charge in [0.25, 0.3) is 0 Å². The Morgan fingerprint density at radius 1 is 1.90 bits per heavy atom. The van der Waals surface area contributed by atoms with Crippen molar-refractivity contribution in [1.82, 2.24) is 5.32 Å². The predicted molar refractivity (Wildman–Crippen MR) is 37.6 cm³/mol. The molecule has 0 saturated carbocycles. The molecule has 0 amide bonds. The van der Waals surface area contributed by atoms with Crippen LogP contribution in [0, 0.1) is 0 Å². The molecule has 0 saturated heterocycles. The number of hydrogen-bond acceptors (Lipinski definition) is 4. The van der Waals surface area contributed by atoms with Crippen LogP contribution >= 0.6 is 0 Å². The quantitative estimate of drug-likeness (QED) is 0.545. The van der Waals surface area contributed by atoms with Gasteiger partial charge in [-0.25, -0.2) is 4.99 Å². The van der Waals surface area contributed by atoms with Gasteiger partial charge >= 0.3 is 0 Å². The molecule has 10 heavy (non-hydrogen) atoms. The fraction of sp³-hybridized carbons (Fsp3) is 0.500. The van der Waals surface area contributed by atoms with Gasteiger partial charge in [-0.05, 0) is 0 Å². The number of nitrogens with zero attached hydrogens (tertiary/aromatic N) is 1. The lowest BCUT2D eigenvalue weighted by molar-refractivity contribution is 0.261. The van der Waals surface area contributed by atoms with E-state index < -0.39 is 0 Å². The topological polar surface area (TPSA) is 53.9 Å². The van der Waals surface area contributed by atoms with Crippen molar-refractivity contribution in [2.24, 2.45) is 4.99 Å². The van der Waals surface area contributed by atoms with Gasteiger partial charge < -0.3 is 15.2 Å². The van der Waals surface area contributed by atoms with Crippen molar-refractivity contribution in [2.75, 3.05) is 20.3 Å². The van der Waals surface area contributed by atoms with Crippen LogP contribution in [0.15, 0.2) is 16.4 Å². The largest absolute Gasteiger partial charge is 0.481 e. The highest BCUT2D eigenvalue weighted by molar-refractivity contribution is 5.58. The molecule has 0 fully saturated rings. The van der Waals surface area contributed by atoms with E-state index in [0.717, 1.165) is 5.57 Å². The van der Waals surface area contributed by atoms with Gasteiger partial charge in [-0.15, -0.1) is 0 Å². The van der Waals surface area contributed by atoms with E-state index in [1.165, 1.54) is 7.11 Å². The molecule has 0 unspecified atom stereocenters. The number of aliphatic hydroxyl groups excluding tert-OH is 1. The van der Waals surface area contributed by atoms with Gasteiger partial charge in [0.05, 0.1) is 20.1 Å². The Morgan fingerprint density at radius 2 is 2.70 bits per heavy atom. The maximum Gasteiger partial charge on any atom is 0.217 e. The molecule has 2 N–H and O–H groups in total. The molecule has 1 aliphatic heterocycles. The van der Waals surface area contributed by atoms with Crippen molar-refractivity contribution in [3.05, 3.63) is 11.5 Å². The minimum absolute atomic E-state index is 0.00644. The Balaban J connectivity index is 2.73. The molecule has 0 spiro atoms. The highest BCUT2D eigenvalue weighted by Gasteiger charge is 2.07. The molecular weight excluding hydrogens is 132 g/mol. The highest BCUT2D eigenvalue weighted by Crippen LogP contribution is 2.07. The molecule has 1 heterocycles. The van der Waals surface area contributed by atoms with E-state index in [2.05, 4.69) is 10.3 Å². The first-order valence-corrected chi connectivity index (χ1v) is 3.01. The van der Waals surface area contributed by atoms with Gasteiger partial charge in [0, 0.05) is 12.1 Å². The van der Waals surface area contributed by atoms with E-state index >= 15 is 0 Å². The Kier molecular flexibility index (Phi) is 2.28. The zero-order chi connectivity index (χ0) is 7.40. The van der Waals surface area contributed by atoms with Gasteiger partial charge in [-0.2, -0.15) is 0 Å². The molecule has 4 nitrogen and oxygen atoms in total. The fourth-order valence-electron chi connectivity index (χ4n) is 0.761. The van der Waals surface area contributed by atoms with Crippen LogP contribution in [0.5, 0.6) is 0 Å². The molecule has 0 aromatic rings. The first-order valence-electron chi connectivity index (χ1n) is 3.01. The standard InChI is InChI=1S/C6H10N2O2/c1-10-6-5(3-9)2-7-4-8-6/h4,9H,2-3H2,1H3,(H,7,8). The number of aliphatic hydroxyl groups is 1. The van der Waals surface area contributed by atoms with Crippen LogP contribution in [0.1, 0.15) is 0 Å². The Hall–Kier alpha value is -1.03. The van der Waals surface area contributed by atoms with E-state index in [0.29, 0.717) is 12.4 Å². The summed E-state index contributed by atoms with van der Waals surface area (Å²) in [5.74, 6) is 0.515. The molecule has 1 rings (SSSR count). The van der Waals surface area contributed by atoms with Crippen molar-refractivity contribution >= 4 is 6.34 Å². The molecule has 56 valence electrons. The lowest BCUT2D eigenvalue weighted by atomic mass is 10.3. The third kappa shape index (κ3) is 1.27. The van der Waals surface area contributed by atoms with E-state index in [1.807, 2.05) is 0 Å². The molecule has 0 aliphatic carbocycles. The van der Waals surface area contributed by atoms with Crippen LogP contribution in [0.3, 0.4) is 0 Å². The third-order valence-corrected chi connectivity index (χ3v) is 1.28. The second-order valence-electron chi connectivity index (χ2n) is 1.91. The maximum atomic E-state index is 8.74. The van der Waals surface area contributed by atoms with Crippen LogP contribution in [-0.4, -0.2) is 31.7 Å².